The minimum atomic E-state index is -0.00646. The molecule has 0 fully saturated rings. The highest BCUT2D eigenvalue weighted by atomic mass is 79.9. The highest BCUT2D eigenvalue weighted by Crippen LogP contribution is 2.41. The van der Waals surface area contributed by atoms with Crippen molar-refractivity contribution in [1.29, 1.82) is 0 Å². The molecule has 0 aromatic heterocycles. The monoisotopic (exact) mass is 466 g/mol. The van der Waals surface area contributed by atoms with Gasteiger partial charge in [0.25, 0.3) is 0 Å². The maximum atomic E-state index is 6.08. The van der Waals surface area contributed by atoms with E-state index < -0.39 is 0 Å². The molecule has 0 aliphatic carbocycles. The van der Waals surface area contributed by atoms with E-state index in [1.807, 2.05) is 30.3 Å². The molecule has 19 heavy (non-hydrogen) atoms. The number of hydrogen-bond donors (Lipinski definition) is 0. The van der Waals surface area contributed by atoms with Gasteiger partial charge in [0.2, 0.25) is 0 Å². The van der Waals surface area contributed by atoms with Gasteiger partial charge in [0.1, 0.15) is 5.75 Å². The summed E-state index contributed by atoms with van der Waals surface area (Å²) in [6, 6.07) is 11.7. The summed E-state index contributed by atoms with van der Waals surface area (Å²) >= 11 is 16.9. The number of halogens is 4. The van der Waals surface area contributed by atoms with Gasteiger partial charge in [-0.25, -0.2) is 0 Å². The third kappa shape index (κ3) is 3.54. The van der Waals surface area contributed by atoms with Crippen LogP contribution in [0, 0.1) is 0 Å². The molecule has 0 aliphatic heterocycles. The average molecular weight is 469 g/mol. The molecule has 0 saturated carbocycles. The second-order valence-electron chi connectivity index (χ2n) is 3.91. The lowest BCUT2D eigenvalue weighted by atomic mass is 10.0. The fourth-order valence-corrected chi connectivity index (χ4v) is 3.86. The topological polar surface area (TPSA) is 9.23 Å². The summed E-state index contributed by atoms with van der Waals surface area (Å²) < 4.78 is 7.45. The molecule has 0 aliphatic rings. The maximum Gasteiger partial charge on any atom is 0.123 e. The van der Waals surface area contributed by atoms with E-state index in [0.29, 0.717) is 5.02 Å². The van der Waals surface area contributed by atoms with Crippen LogP contribution < -0.4 is 4.74 Å². The molecule has 1 unspecified atom stereocenters. The number of benzene rings is 2. The number of rotatable bonds is 3. The lowest BCUT2D eigenvalue weighted by Gasteiger charge is -2.16. The fraction of sp³-hybridized carbons (Fsp3) is 0.143. The Kier molecular flexibility index (Phi) is 5.35. The molecule has 2 rings (SSSR count). The van der Waals surface area contributed by atoms with Gasteiger partial charge < -0.3 is 4.74 Å². The maximum absolute atomic E-state index is 6.08. The molecule has 0 saturated heterocycles. The van der Waals surface area contributed by atoms with Crippen molar-refractivity contribution in [2.45, 2.75) is 4.83 Å². The van der Waals surface area contributed by atoms with E-state index >= 15 is 0 Å². The van der Waals surface area contributed by atoms with Crippen LogP contribution in [0.2, 0.25) is 5.02 Å². The largest absolute Gasteiger partial charge is 0.496 e. The molecule has 5 heteroatoms. The van der Waals surface area contributed by atoms with Gasteiger partial charge in [0, 0.05) is 19.5 Å². The molecule has 1 atom stereocenters. The lowest BCUT2D eigenvalue weighted by molar-refractivity contribution is 0.410. The van der Waals surface area contributed by atoms with E-state index in [1.54, 1.807) is 7.11 Å². The number of ether oxygens (including phenoxy) is 1. The first-order chi connectivity index (χ1) is 9.02. The molecule has 0 amide bonds. The first kappa shape index (κ1) is 15.4. The molecule has 1 nitrogen and oxygen atoms in total. The van der Waals surface area contributed by atoms with Crippen LogP contribution in [0.4, 0.5) is 0 Å². The number of hydrogen-bond acceptors (Lipinski definition) is 1. The minimum Gasteiger partial charge on any atom is -0.496 e. The van der Waals surface area contributed by atoms with Crippen LogP contribution in [-0.4, -0.2) is 7.11 Å². The van der Waals surface area contributed by atoms with Crippen LogP contribution in [0.1, 0.15) is 16.0 Å². The van der Waals surface area contributed by atoms with Crippen molar-refractivity contribution in [1.82, 2.24) is 0 Å². The molecule has 0 N–H and O–H groups in total. The van der Waals surface area contributed by atoms with E-state index in [0.717, 1.165) is 25.8 Å². The Bertz CT molecular complexity index is 601. The predicted molar refractivity (Wildman–Crippen MR) is 90.6 cm³/mol. The summed E-state index contributed by atoms with van der Waals surface area (Å²) in [5, 5.41) is 0.686. The van der Waals surface area contributed by atoms with Crippen molar-refractivity contribution in [3.63, 3.8) is 0 Å². The zero-order valence-electron chi connectivity index (χ0n) is 9.96. The molecular formula is C14H10Br3ClO. The van der Waals surface area contributed by atoms with Crippen LogP contribution in [0.15, 0.2) is 45.3 Å². The van der Waals surface area contributed by atoms with Crippen molar-refractivity contribution in [3.8, 4) is 5.75 Å². The van der Waals surface area contributed by atoms with E-state index in [1.165, 1.54) is 0 Å². The Hall–Kier alpha value is -0.0300. The molecule has 0 spiro atoms. The summed E-state index contributed by atoms with van der Waals surface area (Å²) in [5.41, 5.74) is 2.10. The second-order valence-corrected chi connectivity index (χ2v) is 7.04. The van der Waals surface area contributed by atoms with Crippen molar-refractivity contribution in [2.24, 2.45) is 0 Å². The van der Waals surface area contributed by atoms with Crippen molar-refractivity contribution < 1.29 is 4.74 Å². The Morgan fingerprint density at radius 3 is 2.47 bits per heavy atom. The molecule has 2 aromatic carbocycles. The first-order valence-corrected chi connectivity index (χ1v) is 8.33. The highest BCUT2D eigenvalue weighted by Gasteiger charge is 2.18. The number of alkyl halides is 1. The van der Waals surface area contributed by atoms with E-state index in [-0.39, 0.29) is 4.83 Å². The van der Waals surface area contributed by atoms with Crippen molar-refractivity contribution >= 4 is 59.4 Å². The van der Waals surface area contributed by atoms with E-state index in [2.05, 4.69) is 53.9 Å². The highest BCUT2D eigenvalue weighted by molar-refractivity contribution is 9.11. The molecule has 0 heterocycles. The summed E-state index contributed by atoms with van der Waals surface area (Å²) in [5.74, 6) is 0.804. The van der Waals surface area contributed by atoms with Gasteiger partial charge in [-0.3, -0.25) is 0 Å². The molecule has 100 valence electrons. The summed E-state index contributed by atoms with van der Waals surface area (Å²) in [7, 11) is 1.66. The van der Waals surface area contributed by atoms with Crippen LogP contribution in [0.5, 0.6) is 5.75 Å². The minimum absolute atomic E-state index is 0.00646. The van der Waals surface area contributed by atoms with Crippen molar-refractivity contribution in [3.05, 3.63) is 61.5 Å². The molecular weight excluding hydrogens is 459 g/mol. The summed E-state index contributed by atoms with van der Waals surface area (Å²) in [6.07, 6.45) is 0. The van der Waals surface area contributed by atoms with Crippen LogP contribution in [-0.2, 0) is 0 Å². The van der Waals surface area contributed by atoms with Gasteiger partial charge in [-0.05, 0) is 42.0 Å². The fourth-order valence-electron chi connectivity index (χ4n) is 1.78. The molecule has 0 radical (unpaired) electrons. The van der Waals surface area contributed by atoms with Gasteiger partial charge in [0.05, 0.1) is 11.9 Å². The SMILES string of the molecule is COc1ccc(Cl)cc1C(Br)c1cc(Br)ccc1Br. The molecule has 2 aromatic rings. The summed E-state index contributed by atoms with van der Waals surface area (Å²) in [6.45, 7) is 0. The number of methoxy groups -OCH3 is 1. The Balaban J connectivity index is 2.51. The molecule has 0 bridgehead atoms. The lowest BCUT2D eigenvalue weighted by Crippen LogP contribution is -1.98. The third-order valence-corrected chi connectivity index (χ3v) is 5.13. The standard InChI is InChI=1S/C14H10Br3ClO/c1-19-13-5-3-9(18)7-11(13)14(17)10-6-8(15)2-4-12(10)16/h2-7,14H,1H3. The Morgan fingerprint density at radius 1 is 1.05 bits per heavy atom. The zero-order chi connectivity index (χ0) is 14.0. The quantitative estimate of drug-likeness (QED) is 0.476. The zero-order valence-corrected chi connectivity index (χ0v) is 15.5. The van der Waals surface area contributed by atoms with E-state index in [9.17, 15) is 0 Å². The van der Waals surface area contributed by atoms with Crippen LogP contribution in [0.25, 0.3) is 0 Å². The second kappa shape index (κ2) is 6.61. The van der Waals surface area contributed by atoms with Gasteiger partial charge in [-0.2, -0.15) is 0 Å². The van der Waals surface area contributed by atoms with E-state index in [4.69, 9.17) is 16.3 Å². The smallest absolute Gasteiger partial charge is 0.123 e. The van der Waals surface area contributed by atoms with Gasteiger partial charge in [0.15, 0.2) is 0 Å². The van der Waals surface area contributed by atoms with Gasteiger partial charge in [-0.1, -0.05) is 59.4 Å². The van der Waals surface area contributed by atoms with Crippen LogP contribution in [0.3, 0.4) is 0 Å². The summed E-state index contributed by atoms with van der Waals surface area (Å²) in [4.78, 5) is -0.00646. The predicted octanol–water partition coefficient (Wildman–Crippen LogP) is 6.36. The Labute approximate surface area is 142 Å². The van der Waals surface area contributed by atoms with Crippen LogP contribution >= 0.6 is 59.4 Å². The third-order valence-electron chi connectivity index (χ3n) is 2.70. The van der Waals surface area contributed by atoms with Gasteiger partial charge >= 0.3 is 0 Å². The normalized spacial score (nSPS) is 12.3. The first-order valence-electron chi connectivity index (χ1n) is 5.45. The van der Waals surface area contributed by atoms with Crippen molar-refractivity contribution in [2.75, 3.05) is 7.11 Å². The average Bonchev–Trinajstić information content (AvgIpc) is 2.40. The van der Waals surface area contributed by atoms with Gasteiger partial charge in [-0.15, -0.1) is 0 Å². The Morgan fingerprint density at radius 2 is 1.79 bits per heavy atom.